The van der Waals surface area contributed by atoms with Crippen LogP contribution in [0.2, 0.25) is 0 Å². The lowest BCUT2D eigenvalue weighted by Crippen LogP contribution is -2.28. The fourth-order valence-corrected chi connectivity index (χ4v) is 31.6. The number of rotatable bonds is 9. The van der Waals surface area contributed by atoms with Crippen LogP contribution in [0.3, 0.4) is 0 Å². The maximum Gasteiger partial charge on any atom is 0.673 e. The summed E-state index contributed by atoms with van der Waals surface area (Å²) in [6.45, 7) is 0. The van der Waals surface area contributed by atoms with E-state index in [2.05, 4.69) is 0 Å². The molecular formula is C54H102B3F12P3. The molecule has 0 radical (unpaired) electrons. The zero-order chi connectivity index (χ0) is 52.2. The normalized spacial score (nSPS) is 25.4. The van der Waals surface area contributed by atoms with E-state index in [1.54, 1.807) is 289 Å². The maximum absolute atomic E-state index is 9.75. The Balaban J connectivity index is 0.000000205. The molecular weight excluding hydrogens is 1000 g/mol. The average Bonchev–Trinajstić information content (AvgIpc) is 3.36. The first-order chi connectivity index (χ1) is 34.3. The fraction of sp³-hybridized carbons (Fsp3) is 1.00. The molecule has 0 nitrogen and oxygen atoms in total. The predicted molar refractivity (Wildman–Crippen MR) is 297 cm³/mol. The van der Waals surface area contributed by atoms with E-state index in [1.807, 2.05) is 0 Å². The number of halogens is 12. The summed E-state index contributed by atoms with van der Waals surface area (Å²) in [5.74, 6) is 0. The molecule has 9 saturated carbocycles. The summed E-state index contributed by atoms with van der Waals surface area (Å²) in [5.41, 5.74) is 11.0. The minimum atomic E-state index is -6.00. The van der Waals surface area contributed by atoms with Crippen molar-refractivity contribution in [3.05, 3.63) is 0 Å². The van der Waals surface area contributed by atoms with E-state index in [-0.39, 0.29) is 23.8 Å². The van der Waals surface area contributed by atoms with Gasteiger partial charge in [0.05, 0.1) is 50.9 Å². The van der Waals surface area contributed by atoms with Crippen LogP contribution in [0.1, 0.15) is 289 Å². The summed E-state index contributed by atoms with van der Waals surface area (Å²) in [6.07, 6.45) is 71.4. The van der Waals surface area contributed by atoms with Crippen molar-refractivity contribution in [1.82, 2.24) is 0 Å². The van der Waals surface area contributed by atoms with Gasteiger partial charge in [-0.3, -0.25) is 0 Å². The van der Waals surface area contributed by atoms with Crippen LogP contribution in [-0.2, 0) is 0 Å². The Kier molecular flexibility index (Phi) is 32.6. The van der Waals surface area contributed by atoms with E-state index in [4.69, 9.17) is 0 Å². The van der Waals surface area contributed by atoms with Gasteiger partial charge in [0.15, 0.2) is 0 Å². The summed E-state index contributed by atoms with van der Waals surface area (Å²) in [5, 5.41) is 0. The van der Waals surface area contributed by atoms with Gasteiger partial charge in [-0.1, -0.05) is 57.8 Å². The van der Waals surface area contributed by atoms with E-state index in [1.165, 1.54) is 50.9 Å². The molecule has 9 aliphatic rings. The Morgan fingerprint density at radius 3 is 0.292 bits per heavy atom. The molecule has 0 atom stereocenters. The van der Waals surface area contributed by atoms with Gasteiger partial charge in [-0.15, -0.1) is 0 Å². The van der Waals surface area contributed by atoms with Gasteiger partial charge in [-0.05, 0) is 231 Å². The zero-order valence-electron chi connectivity index (χ0n) is 44.8. The Hall–Kier alpha value is 0.645. The van der Waals surface area contributed by atoms with Gasteiger partial charge in [-0.2, -0.15) is 0 Å². The van der Waals surface area contributed by atoms with Gasteiger partial charge in [0.25, 0.3) is 0 Å². The first kappa shape index (κ1) is 65.2. The van der Waals surface area contributed by atoms with E-state index >= 15 is 0 Å². The summed E-state index contributed by atoms with van der Waals surface area (Å²) in [7, 11) is -18.1. The molecule has 0 aromatic heterocycles. The van der Waals surface area contributed by atoms with Gasteiger partial charge >= 0.3 is 21.8 Å². The number of hydrogen-bond acceptors (Lipinski definition) is 0. The molecule has 0 aromatic rings. The van der Waals surface area contributed by atoms with Crippen molar-refractivity contribution in [3.8, 4) is 0 Å². The molecule has 0 bridgehead atoms. The molecule has 0 amide bonds. The smallest absolute Gasteiger partial charge is 0.418 e. The average molecular weight is 1100 g/mol. The lowest BCUT2D eigenvalue weighted by molar-refractivity contribution is 0.366. The molecule has 0 unspecified atom stereocenters. The molecule has 9 fully saturated rings. The molecule has 9 aliphatic carbocycles. The highest BCUT2D eigenvalue weighted by atomic mass is 31.1. The van der Waals surface area contributed by atoms with E-state index in [0.717, 1.165) is 0 Å². The van der Waals surface area contributed by atoms with Crippen LogP contribution in [0.4, 0.5) is 51.8 Å². The molecule has 0 spiro atoms. The van der Waals surface area contributed by atoms with Gasteiger partial charge in [0.1, 0.15) is 0 Å². The largest absolute Gasteiger partial charge is 0.673 e. The van der Waals surface area contributed by atoms with Crippen LogP contribution in [0.5, 0.6) is 0 Å². The minimum Gasteiger partial charge on any atom is -0.418 e. The highest BCUT2D eigenvalue weighted by molar-refractivity contribution is 7.60. The Bertz CT molecular complexity index is 1010. The molecule has 0 N–H and O–H groups in total. The van der Waals surface area contributed by atoms with Crippen LogP contribution in [0.25, 0.3) is 0 Å². The van der Waals surface area contributed by atoms with Gasteiger partial charge in [0, 0.05) is 23.8 Å². The van der Waals surface area contributed by atoms with Gasteiger partial charge in [-0.25, -0.2) is 0 Å². The predicted octanol–water partition coefficient (Wildman–Crippen LogP) is 22.5. The fourth-order valence-electron chi connectivity index (χ4n) is 15.9. The minimum absolute atomic E-state index is 0.0465. The van der Waals surface area contributed by atoms with Crippen molar-refractivity contribution in [2.45, 2.75) is 340 Å². The second-order valence-corrected chi connectivity index (χ2v) is 34.3. The zero-order valence-corrected chi connectivity index (χ0v) is 47.8. The third-order valence-corrected chi connectivity index (χ3v) is 32.4. The highest BCUT2D eigenvalue weighted by Crippen LogP contribution is 2.64. The van der Waals surface area contributed by atoms with E-state index in [9.17, 15) is 51.8 Å². The number of hydrogen-bond donors (Lipinski definition) is 0. The highest BCUT2D eigenvalue weighted by Gasteiger charge is 2.46. The molecule has 0 aromatic carbocycles. The molecule has 9 rings (SSSR count). The summed E-state index contributed by atoms with van der Waals surface area (Å²) in [4.78, 5) is 0. The quantitative estimate of drug-likeness (QED) is 0.123. The lowest BCUT2D eigenvalue weighted by atomic mass is 9.99. The van der Waals surface area contributed by atoms with Crippen molar-refractivity contribution in [1.29, 1.82) is 0 Å². The monoisotopic (exact) mass is 1100 g/mol. The SMILES string of the molecule is C1CCC([PH+](C2CCCCC2)C2CCCCC2)CC1.C1CCC([PH+](C2CCCCC2)C2CCCCC2)CC1.C1CCC([PH+](C2CCCCC2)C2CCCCC2)CC1.F[B-](F)(F)F.F[B-](F)(F)F.F[B-](F)(F)F. The third kappa shape index (κ3) is 29.0. The second kappa shape index (κ2) is 36.0. The first-order valence-corrected chi connectivity index (χ1v) is 35.8. The second-order valence-electron chi connectivity index (χ2n) is 24.0. The molecule has 426 valence electrons. The van der Waals surface area contributed by atoms with Crippen molar-refractivity contribution < 1.29 is 51.8 Å². The Morgan fingerprint density at radius 1 is 0.153 bits per heavy atom. The summed E-state index contributed by atoms with van der Waals surface area (Å²) < 4.78 is 117. The van der Waals surface area contributed by atoms with Crippen molar-refractivity contribution >= 4 is 45.5 Å². The summed E-state index contributed by atoms with van der Waals surface area (Å²) >= 11 is 0. The van der Waals surface area contributed by atoms with Crippen molar-refractivity contribution in [2.75, 3.05) is 0 Å². The maximum atomic E-state index is 9.75. The van der Waals surface area contributed by atoms with Crippen molar-refractivity contribution in [3.63, 3.8) is 0 Å². The van der Waals surface area contributed by atoms with Gasteiger partial charge < -0.3 is 51.8 Å². The van der Waals surface area contributed by atoms with E-state index < -0.39 is 21.8 Å². The first-order valence-electron chi connectivity index (χ1n) is 30.6. The Morgan fingerprint density at radius 2 is 0.222 bits per heavy atom. The van der Waals surface area contributed by atoms with Crippen LogP contribution >= 0.6 is 23.8 Å². The Labute approximate surface area is 435 Å². The third-order valence-electron chi connectivity index (χ3n) is 18.7. The molecule has 18 heteroatoms. The van der Waals surface area contributed by atoms with Crippen LogP contribution in [0.15, 0.2) is 0 Å². The van der Waals surface area contributed by atoms with Crippen LogP contribution in [0, 0.1) is 0 Å². The topological polar surface area (TPSA) is 0 Å². The van der Waals surface area contributed by atoms with Crippen molar-refractivity contribution in [2.24, 2.45) is 0 Å². The van der Waals surface area contributed by atoms with Gasteiger partial charge in [0.2, 0.25) is 0 Å². The molecule has 72 heavy (non-hydrogen) atoms. The summed E-state index contributed by atoms with van der Waals surface area (Å²) in [6, 6.07) is 0. The lowest BCUT2D eigenvalue weighted by Gasteiger charge is -2.38. The van der Waals surface area contributed by atoms with Crippen LogP contribution < -0.4 is 0 Å². The molecule has 0 saturated heterocycles. The van der Waals surface area contributed by atoms with E-state index in [0.29, 0.717) is 0 Å². The van der Waals surface area contributed by atoms with Crippen LogP contribution in [-0.4, -0.2) is 72.7 Å². The molecule has 0 aliphatic heterocycles. The molecule has 0 heterocycles. The standard InChI is InChI=1S/3C18H33P.3BF4/c3*1-4-10-16(11-5-1)19(17-12-6-2-7-13-17)18-14-8-3-9-15-18;3*2-1(3,4)5/h3*16-18H,1-15H2;;;/q;;;3*-1/p+3.